The molecule has 194 valence electrons. The summed E-state index contributed by atoms with van der Waals surface area (Å²) in [6.45, 7) is 9.30. The predicted molar refractivity (Wildman–Crippen MR) is 144 cm³/mol. The fourth-order valence-electron chi connectivity index (χ4n) is 4.71. The number of halogens is 1. The van der Waals surface area contributed by atoms with Crippen LogP contribution in [0.1, 0.15) is 49.2 Å². The second-order valence-corrected chi connectivity index (χ2v) is 8.96. The topological polar surface area (TPSA) is 74.3 Å². The van der Waals surface area contributed by atoms with Gasteiger partial charge in [0.1, 0.15) is 11.6 Å². The number of pyridine rings is 1. The first-order valence-corrected chi connectivity index (χ1v) is 12.8. The number of H-pyrrole nitrogens is 1. The highest BCUT2D eigenvalue weighted by atomic mass is 19.1. The average molecular weight is 504 g/mol. The molecule has 2 aromatic carbocycles. The van der Waals surface area contributed by atoms with Gasteiger partial charge < -0.3 is 14.5 Å². The van der Waals surface area contributed by atoms with E-state index in [-0.39, 0.29) is 17.8 Å². The minimum atomic E-state index is -0.322. The van der Waals surface area contributed by atoms with Crippen LogP contribution in [-0.4, -0.2) is 64.2 Å². The van der Waals surface area contributed by atoms with Crippen LogP contribution in [0.25, 0.3) is 22.0 Å². The molecule has 4 aromatic rings. The van der Waals surface area contributed by atoms with Crippen molar-refractivity contribution in [2.24, 2.45) is 0 Å². The first-order chi connectivity index (χ1) is 18.0. The minimum Gasteiger partial charge on any atom is -0.493 e. The van der Waals surface area contributed by atoms with Crippen LogP contribution in [0.4, 0.5) is 4.39 Å². The number of carbonyl (C=O) groups excluding carboxylic acids is 1. The van der Waals surface area contributed by atoms with Gasteiger partial charge in [0.25, 0.3) is 5.91 Å². The highest BCUT2D eigenvalue weighted by Crippen LogP contribution is 2.34. The lowest BCUT2D eigenvalue weighted by Gasteiger charge is -2.31. The van der Waals surface area contributed by atoms with Crippen molar-refractivity contribution in [1.29, 1.82) is 0 Å². The summed E-state index contributed by atoms with van der Waals surface area (Å²) in [6.07, 6.45) is 6.07. The van der Waals surface area contributed by atoms with Gasteiger partial charge in [0.15, 0.2) is 0 Å². The van der Waals surface area contributed by atoms with E-state index < -0.39 is 0 Å². The van der Waals surface area contributed by atoms with Crippen molar-refractivity contribution >= 4 is 16.8 Å². The van der Waals surface area contributed by atoms with Crippen LogP contribution in [0.3, 0.4) is 0 Å². The summed E-state index contributed by atoms with van der Waals surface area (Å²) in [5, 5.41) is 8.18. The first kappa shape index (κ1) is 26.3. The lowest BCUT2D eigenvalue weighted by atomic mass is 9.99. The van der Waals surface area contributed by atoms with Crippen LogP contribution in [0.15, 0.2) is 61.1 Å². The molecule has 0 unspecified atom stereocenters. The van der Waals surface area contributed by atoms with Crippen LogP contribution in [0.2, 0.25) is 0 Å². The van der Waals surface area contributed by atoms with Gasteiger partial charge in [-0.05, 0) is 62.3 Å². The highest BCUT2D eigenvalue weighted by molar-refractivity contribution is 5.96. The molecule has 1 atom stereocenters. The van der Waals surface area contributed by atoms with Crippen LogP contribution < -0.4 is 4.74 Å². The third-order valence-electron chi connectivity index (χ3n) is 6.81. The van der Waals surface area contributed by atoms with Crippen molar-refractivity contribution in [3.05, 3.63) is 78.0 Å². The Morgan fingerprint density at radius 3 is 2.62 bits per heavy atom. The Kier molecular flexibility index (Phi) is 8.50. The number of rotatable bonds is 11. The smallest absolute Gasteiger partial charge is 0.254 e. The number of nitrogens with one attached hydrogen (secondary N) is 1. The molecule has 2 aromatic heterocycles. The zero-order chi connectivity index (χ0) is 26.4. The van der Waals surface area contributed by atoms with Gasteiger partial charge in [-0.2, -0.15) is 5.10 Å². The van der Waals surface area contributed by atoms with Gasteiger partial charge in [-0.3, -0.25) is 14.9 Å². The summed E-state index contributed by atoms with van der Waals surface area (Å²) < 4.78 is 19.8. The molecule has 0 aliphatic carbocycles. The maximum absolute atomic E-state index is 13.9. The second-order valence-electron chi connectivity index (χ2n) is 8.96. The first-order valence-electron chi connectivity index (χ1n) is 12.8. The lowest BCUT2D eigenvalue weighted by molar-refractivity contribution is 0.0712. The molecule has 2 heterocycles. The largest absolute Gasteiger partial charge is 0.493 e. The average Bonchev–Trinajstić information content (AvgIpc) is 3.40. The van der Waals surface area contributed by atoms with Crippen LogP contribution in [0, 0.1) is 5.82 Å². The molecular weight excluding hydrogens is 469 g/mol. The number of amides is 1. The van der Waals surface area contributed by atoms with Crippen molar-refractivity contribution in [1.82, 2.24) is 25.0 Å². The van der Waals surface area contributed by atoms with Crippen molar-refractivity contribution in [2.45, 2.75) is 33.2 Å². The number of hydrogen-bond donors (Lipinski definition) is 1. The fourth-order valence-corrected chi connectivity index (χ4v) is 4.71. The van der Waals surface area contributed by atoms with E-state index in [9.17, 15) is 9.18 Å². The van der Waals surface area contributed by atoms with Gasteiger partial charge in [-0.1, -0.05) is 26.0 Å². The molecule has 0 aliphatic rings. The number of hydrogen-bond acceptors (Lipinski definition) is 5. The molecule has 0 aliphatic heterocycles. The SMILES string of the molecule is CCOc1cc(C(=O)N(C)[C@H](CCN(CC)CC)c2cncc3cn[nH]c23)ccc1-c1cccc(F)c1. The van der Waals surface area contributed by atoms with Crippen molar-refractivity contribution < 1.29 is 13.9 Å². The molecule has 0 radical (unpaired) electrons. The Morgan fingerprint density at radius 1 is 1.08 bits per heavy atom. The Bertz CT molecular complexity index is 1350. The molecule has 1 amide bonds. The summed E-state index contributed by atoms with van der Waals surface area (Å²) in [5.41, 5.74) is 3.76. The molecule has 7 nitrogen and oxygen atoms in total. The summed E-state index contributed by atoms with van der Waals surface area (Å²) in [6, 6.07) is 11.5. The lowest BCUT2D eigenvalue weighted by Crippen LogP contribution is -2.34. The van der Waals surface area contributed by atoms with Gasteiger partial charge in [0.2, 0.25) is 0 Å². The van der Waals surface area contributed by atoms with Crippen molar-refractivity contribution in [3.8, 4) is 16.9 Å². The Morgan fingerprint density at radius 2 is 1.89 bits per heavy atom. The van der Waals surface area contributed by atoms with E-state index in [0.717, 1.165) is 48.1 Å². The fraction of sp³-hybridized carbons (Fsp3) is 0.345. The number of nitrogens with zero attached hydrogens (tertiary/aromatic N) is 4. The third-order valence-corrected chi connectivity index (χ3v) is 6.81. The number of fused-ring (bicyclic) bond motifs is 1. The second kappa shape index (κ2) is 12.0. The van der Waals surface area contributed by atoms with E-state index >= 15 is 0 Å². The van der Waals surface area contributed by atoms with Gasteiger partial charge in [0, 0.05) is 48.1 Å². The zero-order valence-electron chi connectivity index (χ0n) is 21.9. The standard InChI is InChI=1S/C29H34FN5O2/c1-5-35(6-2)14-13-26(25-19-31-17-22-18-32-33-28(22)25)34(4)29(36)21-11-12-24(27(16-21)37-7-3)20-9-8-10-23(30)15-20/h8-12,15-19,26H,5-7,13-14H2,1-4H3,(H,32,33)/t26-/m1/s1. The van der Waals surface area contributed by atoms with Gasteiger partial charge >= 0.3 is 0 Å². The van der Waals surface area contributed by atoms with Crippen LogP contribution in [0.5, 0.6) is 5.75 Å². The summed E-state index contributed by atoms with van der Waals surface area (Å²) in [4.78, 5) is 22.4. The molecule has 0 saturated carbocycles. The molecule has 1 N–H and O–H groups in total. The Hall–Kier alpha value is -3.78. The number of carbonyl (C=O) groups is 1. The van der Waals surface area contributed by atoms with E-state index in [0.29, 0.717) is 23.5 Å². The van der Waals surface area contributed by atoms with E-state index in [1.54, 1.807) is 35.5 Å². The molecule has 0 saturated heterocycles. The highest BCUT2D eigenvalue weighted by Gasteiger charge is 2.26. The molecule has 4 rings (SSSR count). The molecular formula is C29H34FN5O2. The van der Waals surface area contributed by atoms with Gasteiger partial charge in [0.05, 0.1) is 24.4 Å². The molecule has 37 heavy (non-hydrogen) atoms. The van der Waals surface area contributed by atoms with Crippen molar-refractivity contribution in [3.63, 3.8) is 0 Å². The third kappa shape index (κ3) is 5.80. The number of aromatic nitrogens is 3. The predicted octanol–water partition coefficient (Wildman–Crippen LogP) is 5.71. The van der Waals surface area contributed by atoms with Crippen LogP contribution >= 0.6 is 0 Å². The maximum atomic E-state index is 13.9. The normalized spacial score (nSPS) is 12.2. The number of ether oxygens (including phenoxy) is 1. The summed E-state index contributed by atoms with van der Waals surface area (Å²) >= 11 is 0. The number of aromatic amines is 1. The molecule has 0 spiro atoms. The quantitative estimate of drug-likeness (QED) is 0.284. The van der Waals surface area contributed by atoms with Gasteiger partial charge in [-0.15, -0.1) is 0 Å². The Labute approximate surface area is 217 Å². The summed E-state index contributed by atoms with van der Waals surface area (Å²) in [5.74, 6) is 0.0923. The molecule has 0 fully saturated rings. The molecule has 0 bridgehead atoms. The Balaban J connectivity index is 1.69. The maximum Gasteiger partial charge on any atom is 0.254 e. The monoisotopic (exact) mass is 503 g/mol. The summed E-state index contributed by atoms with van der Waals surface area (Å²) in [7, 11) is 1.82. The molecule has 8 heteroatoms. The van der Waals surface area contributed by atoms with Crippen molar-refractivity contribution in [2.75, 3.05) is 33.3 Å². The van der Waals surface area contributed by atoms with E-state index in [4.69, 9.17) is 4.74 Å². The minimum absolute atomic E-state index is 0.132. The van der Waals surface area contributed by atoms with Gasteiger partial charge in [-0.25, -0.2) is 4.39 Å². The van der Waals surface area contributed by atoms with E-state index in [1.165, 1.54) is 12.1 Å². The zero-order valence-corrected chi connectivity index (χ0v) is 21.9. The van der Waals surface area contributed by atoms with E-state index in [2.05, 4.69) is 33.9 Å². The van der Waals surface area contributed by atoms with E-state index in [1.807, 2.05) is 32.3 Å². The number of benzene rings is 2. The van der Waals surface area contributed by atoms with Crippen LogP contribution in [-0.2, 0) is 0 Å².